The van der Waals surface area contributed by atoms with E-state index in [0.29, 0.717) is 0 Å². The van der Waals surface area contributed by atoms with Crippen molar-refractivity contribution in [3.05, 3.63) is 29.8 Å². The molecule has 0 aliphatic carbocycles. The molecule has 0 amide bonds. The number of para-hydroxylation sites is 1. The summed E-state index contributed by atoms with van der Waals surface area (Å²) >= 11 is 0. The maximum Gasteiger partial charge on any atom is 0.147 e. The Balaban J connectivity index is 2.92. The Morgan fingerprint density at radius 2 is 1.88 bits per heavy atom. The van der Waals surface area contributed by atoms with E-state index in [-0.39, 0.29) is 11.6 Å². The second-order valence-corrected chi connectivity index (χ2v) is 5.18. The smallest absolute Gasteiger partial charge is 0.147 e. The van der Waals surface area contributed by atoms with E-state index in [0.717, 1.165) is 25.0 Å². The van der Waals surface area contributed by atoms with Crippen LogP contribution in [0.25, 0.3) is 0 Å². The fraction of sp³-hybridized carbons (Fsp3) is 0.600. The number of rotatable bonds is 6. The Labute approximate surface area is 105 Å². The van der Waals surface area contributed by atoms with Crippen molar-refractivity contribution in [2.45, 2.75) is 58.6 Å². The molecule has 0 saturated carbocycles. The van der Waals surface area contributed by atoms with Crippen LogP contribution in [0.2, 0.25) is 0 Å². The van der Waals surface area contributed by atoms with Gasteiger partial charge in [-0.15, -0.1) is 0 Å². The summed E-state index contributed by atoms with van der Waals surface area (Å²) in [7, 11) is 0. The summed E-state index contributed by atoms with van der Waals surface area (Å²) in [5.41, 5.74) is 7.32. The molecule has 0 aliphatic rings. The zero-order chi connectivity index (χ0) is 12.9. The van der Waals surface area contributed by atoms with Crippen LogP contribution >= 0.6 is 0 Å². The number of hydrogen-bond acceptors (Lipinski definition) is 2. The van der Waals surface area contributed by atoms with Gasteiger partial charge in [-0.2, -0.15) is 0 Å². The standard InChI is InChI=1S/C15H25NO/c1-5-9-14(16)17-13-11-8-7-10-12(13)15(3,4)6-2/h7-8,10-11,14H,5-6,9,16H2,1-4H3. The Morgan fingerprint density at radius 1 is 1.24 bits per heavy atom. The lowest BCUT2D eigenvalue weighted by atomic mass is 9.82. The van der Waals surface area contributed by atoms with Crippen LogP contribution in [-0.2, 0) is 5.41 Å². The molecule has 0 heterocycles. The summed E-state index contributed by atoms with van der Waals surface area (Å²) in [5.74, 6) is 0.931. The molecule has 0 radical (unpaired) electrons. The first-order valence-corrected chi connectivity index (χ1v) is 6.53. The zero-order valence-electron chi connectivity index (χ0n) is 11.5. The zero-order valence-corrected chi connectivity index (χ0v) is 11.5. The molecule has 2 nitrogen and oxygen atoms in total. The van der Waals surface area contributed by atoms with Crippen LogP contribution in [0, 0.1) is 0 Å². The van der Waals surface area contributed by atoms with Crippen LogP contribution in [0.15, 0.2) is 24.3 Å². The van der Waals surface area contributed by atoms with Crippen LogP contribution in [0.1, 0.15) is 52.5 Å². The first kappa shape index (κ1) is 14.0. The van der Waals surface area contributed by atoms with E-state index < -0.39 is 0 Å². The summed E-state index contributed by atoms with van der Waals surface area (Å²) in [6.45, 7) is 8.79. The maximum atomic E-state index is 5.95. The van der Waals surface area contributed by atoms with Crippen molar-refractivity contribution in [1.82, 2.24) is 0 Å². The van der Waals surface area contributed by atoms with Gasteiger partial charge < -0.3 is 4.74 Å². The second-order valence-electron chi connectivity index (χ2n) is 5.18. The van der Waals surface area contributed by atoms with E-state index in [1.54, 1.807) is 0 Å². The average molecular weight is 235 g/mol. The molecular formula is C15H25NO. The summed E-state index contributed by atoms with van der Waals surface area (Å²) in [6, 6.07) is 8.22. The Bertz CT molecular complexity index is 347. The predicted molar refractivity (Wildman–Crippen MR) is 73.3 cm³/mol. The van der Waals surface area contributed by atoms with Gasteiger partial charge in [0.25, 0.3) is 0 Å². The molecule has 0 aromatic heterocycles. The van der Waals surface area contributed by atoms with Gasteiger partial charge in [-0.3, -0.25) is 5.73 Å². The maximum absolute atomic E-state index is 5.95. The molecule has 1 unspecified atom stereocenters. The number of benzene rings is 1. The summed E-state index contributed by atoms with van der Waals surface area (Å²) < 4.78 is 5.85. The van der Waals surface area contributed by atoms with Crippen molar-refractivity contribution in [3.8, 4) is 5.75 Å². The fourth-order valence-electron chi connectivity index (χ4n) is 1.83. The molecule has 0 fully saturated rings. The SMILES string of the molecule is CCCC(N)Oc1ccccc1C(C)(C)CC. The van der Waals surface area contributed by atoms with E-state index in [2.05, 4.69) is 39.8 Å². The van der Waals surface area contributed by atoms with Crippen molar-refractivity contribution >= 4 is 0 Å². The lowest BCUT2D eigenvalue weighted by Crippen LogP contribution is -2.28. The fourth-order valence-corrected chi connectivity index (χ4v) is 1.83. The molecule has 96 valence electrons. The minimum atomic E-state index is -0.200. The monoisotopic (exact) mass is 235 g/mol. The summed E-state index contributed by atoms with van der Waals surface area (Å²) in [6.07, 6.45) is 2.81. The van der Waals surface area contributed by atoms with Gasteiger partial charge in [-0.1, -0.05) is 52.3 Å². The molecule has 1 atom stereocenters. The molecule has 17 heavy (non-hydrogen) atoms. The third kappa shape index (κ3) is 3.74. The summed E-state index contributed by atoms with van der Waals surface area (Å²) in [5, 5.41) is 0. The lowest BCUT2D eigenvalue weighted by molar-refractivity contribution is 0.192. The second kappa shape index (κ2) is 6.06. The minimum Gasteiger partial charge on any atom is -0.475 e. The molecule has 0 aliphatic heterocycles. The Kier molecular flexibility index (Phi) is 5.01. The van der Waals surface area contributed by atoms with Gasteiger partial charge in [0.15, 0.2) is 0 Å². The predicted octanol–water partition coefficient (Wildman–Crippen LogP) is 3.84. The highest BCUT2D eigenvalue weighted by atomic mass is 16.5. The highest BCUT2D eigenvalue weighted by Crippen LogP contribution is 2.34. The molecule has 2 N–H and O–H groups in total. The Hall–Kier alpha value is -1.02. The molecule has 2 heteroatoms. The largest absolute Gasteiger partial charge is 0.475 e. The van der Waals surface area contributed by atoms with Crippen LogP contribution in [0.3, 0.4) is 0 Å². The van der Waals surface area contributed by atoms with Gasteiger partial charge in [0.1, 0.15) is 12.0 Å². The van der Waals surface area contributed by atoms with Gasteiger partial charge >= 0.3 is 0 Å². The molecule has 1 rings (SSSR count). The molecular weight excluding hydrogens is 210 g/mol. The highest BCUT2D eigenvalue weighted by molar-refractivity contribution is 5.38. The van der Waals surface area contributed by atoms with E-state index in [9.17, 15) is 0 Å². The van der Waals surface area contributed by atoms with Crippen LogP contribution < -0.4 is 10.5 Å². The van der Waals surface area contributed by atoms with Gasteiger partial charge in [-0.25, -0.2) is 0 Å². The number of hydrogen-bond donors (Lipinski definition) is 1. The van der Waals surface area contributed by atoms with Gasteiger partial charge in [0.2, 0.25) is 0 Å². The van der Waals surface area contributed by atoms with Crippen molar-refractivity contribution in [1.29, 1.82) is 0 Å². The first-order valence-electron chi connectivity index (χ1n) is 6.53. The Morgan fingerprint density at radius 3 is 2.47 bits per heavy atom. The topological polar surface area (TPSA) is 35.2 Å². The molecule has 1 aromatic rings. The van der Waals surface area contributed by atoms with Crippen LogP contribution in [0.5, 0.6) is 5.75 Å². The molecule has 1 aromatic carbocycles. The summed E-state index contributed by atoms with van der Waals surface area (Å²) in [4.78, 5) is 0. The third-order valence-electron chi connectivity index (χ3n) is 3.35. The van der Waals surface area contributed by atoms with E-state index in [1.165, 1.54) is 5.56 Å². The average Bonchev–Trinajstić information content (AvgIpc) is 2.30. The van der Waals surface area contributed by atoms with Crippen molar-refractivity contribution in [2.24, 2.45) is 5.73 Å². The minimum absolute atomic E-state index is 0.128. The number of ether oxygens (including phenoxy) is 1. The van der Waals surface area contributed by atoms with Gasteiger partial charge in [0, 0.05) is 0 Å². The molecule has 0 saturated heterocycles. The number of nitrogens with two attached hydrogens (primary N) is 1. The normalized spacial score (nSPS) is 13.5. The van der Waals surface area contributed by atoms with Crippen molar-refractivity contribution in [2.75, 3.05) is 0 Å². The van der Waals surface area contributed by atoms with E-state index >= 15 is 0 Å². The quantitative estimate of drug-likeness (QED) is 0.760. The lowest BCUT2D eigenvalue weighted by Gasteiger charge is -2.27. The highest BCUT2D eigenvalue weighted by Gasteiger charge is 2.22. The van der Waals surface area contributed by atoms with E-state index in [1.807, 2.05) is 12.1 Å². The van der Waals surface area contributed by atoms with Crippen LogP contribution in [-0.4, -0.2) is 6.23 Å². The van der Waals surface area contributed by atoms with Gasteiger partial charge in [-0.05, 0) is 29.9 Å². The molecule has 0 spiro atoms. The van der Waals surface area contributed by atoms with Crippen molar-refractivity contribution in [3.63, 3.8) is 0 Å². The molecule has 0 bridgehead atoms. The first-order chi connectivity index (χ1) is 8.01. The van der Waals surface area contributed by atoms with Crippen LogP contribution in [0.4, 0.5) is 0 Å². The van der Waals surface area contributed by atoms with Gasteiger partial charge in [0.05, 0.1) is 0 Å². The van der Waals surface area contributed by atoms with Crippen molar-refractivity contribution < 1.29 is 4.74 Å². The third-order valence-corrected chi connectivity index (χ3v) is 3.35. The van der Waals surface area contributed by atoms with E-state index in [4.69, 9.17) is 10.5 Å².